The molecule has 0 heterocycles. The molecule has 0 aromatic heterocycles. The van der Waals surface area contributed by atoms with Gasteiger partial charge in [-0.1, -0.05) is 6.07 Å². The molecule has 3 heteroatoms. The van der Waals surface area contributed by atoms with Crippen LogP contribution in [0.25, 0.3) is 0 Å². The molecule has 2 nitrogen and oxygen atoms in total. The van der Waals surface area contributed by atoms with E-state index in [1.54, 1.807) is 6.07 Å². The number of hydrogen-bond acceptors (Lipinski definition) is 2. The number of carbonyl (C=O) groups is 1. The van der Waals surface area contributed by atoms with Crippen LogP contribution in [-0.2, 0) is 16.0 Å². The van der Waals surface area contributed by atoms with Gasteiger partial charge in [-0.2, -0.15) is 0 Å². The predicted octanol–water partition coefficient (Wildman–Crippen LogP) is 2.24. The first-order chi connectivity index (χ1) is 6.59. The first-order valence-electron chi connectivity index (χ1n) is 4.48. The van der Waals surface area contributed by atoms with Crippen molar-refractivity contribution in [2.45, 2.75) is 20.3 Å². The second-order valence-corrected chi connectivity index (χ2v) is 3.16. The first-order valence-corrected chi connectivity index (χ1v) is 4.48. The summed E-state index contributed by atoms with van der Waals surface area (Å²) in [7, 11) is 0. The summed E-state index contributed by atoms with van der Waals surface area (Å²) in [5.41, 5.74) is 1.89. The van der Waals surface area contributed by atoms with Crippen molar-refractivity contribution in [2.75, 3.05) is 6.61 Å². The van der Waals surface area contributed by atoms with Crippen LogP contribution in [0, 0.1) is 12.7 Å². The summed E-state index contributed by atoms with van der Waals surface area (Å²) in [6, 6.07) is 4.61. The highest BCUT2D eigenvalue weighted by molar-refractivity contribution is 5.65. The van der Waals surface area contributed by atoms with Crippen LogP contribution in [0.5, 0.6) is 0 Å². The lowest BCUT2D eigenvalue weighted by Gasteiger charge is -2.05. The van der Waals surface area contributed by atoms with Crippen molar-refractivity contribution in [3.8, 4) is 0 Å². The third-order valence-electron chi connectivity index (χ3n) is 1.99. The van der Waals surface area contributed by atoms with E-state index < -0.39 is 0 Å². The van der Waals surface area contributed by atoms with Crippen molar-refractivity contribution in [3.05, 3.63) is 35.1 Å². The zero-order valence-electron chi connectivity index (χ0n) is 8.34. The summed E-state index contributed by atoms with van der Waals surface area (Å²) in [5, 5.41) is 0. The fraction of sp³-hybridized carbons (Fsp3) is 0.364. The molecule has 1 rings (SSSR count). The zero-order valence-corrected chi connectivity index (χ0v) is 8.34. The zero-order chi connectivity index (χ0) is 10.6. The molecule has 0 aliphatic rings. The lowest BCUT2D eigenvalue weighted by atomic mass is 10.1. The van der Waals surface area contributed by atoms with Crippen LogP contribution in [0.2, 0.25) is 0 Å². The quantitative estimate of drug-likeness (QED) is 0.693. The molecule has 0 radical (unpaired) electrons. The van der Waals surface area contributed by atoms with Crippen molar-refractivity contribution < 1.29 is 13.9 Å². The highest BCUT2D eigenvalue weighted by Crippen LogP contribution is 2.10. The molecule has 0 fully saturated rings. The summed E-state index contributed by atoms with van der Waals surface area (Å²) in [6.45, 7) is 3.57. The maximum Gasteiger partial charge on any atom is 0.302 e. The van der Waals surface area contributed by atoms with Gasteiger partial charge in [-0.3, -0.25) is 4.79 Å². The average molecular weight is 196 g/mol. The molecule has 0 N–H and O–H groups in total. The van der Waals surface area contributed by atoms with Crippen LogP contribution in [0.3, 0.4) is 0 Å². The normalized spacial score (nSPS) is 9.93. The van der Waals surface area contributed by atoms with E-state index in [4.69, 9.17) is 4.74 Å². The van der Waals surface area contributed by atoms with Gasteiger partial charge in [0.15, 0.2) is 0 Å². The molecule has 14 heavy (non-hydrogen) atoms. The van der Waals surface area contributed by atoms with Crippen molar-refractivity contribution in [1.82, 2.24) is 0 Å². The molecule has 0 bridgehead atoms. The Morgan fingerprint density at radius 1 is 1.50 bits per heavy atom. The lowest BCUT2D eigenvalue weighted by molar-refractivity contribution is -0.140. The molecule has 0 saturated heterocycles. The largest absolute Gasteiger partial charge is 0.466 e. The van der Waals surface area contributed by atoms with Gasteiger partial charge in [0.05, 0.1) is 6.61 Å². The van der Waals surface area contributed by atoms with Crippen LogP contribution in [0.15, 0.2) is 18.2 Å². The van der Waals surface area contributed by atoms with Gasteiger partial charge in [0.2, 0.25) is 0 Å². The first kappa shape index (κ1) is 10.7. The van der Waals surface area contributed by atoms with Gasteiger partial charge in [0, 0.05) is 13.3 Å². The van der Waals surface area contributed by atoms with E-state index in [0.29, 0.717) is 13.0 Å². The summed E-state index contributed by atoms with van der Waals surface area (Å²) >= 11 is 0. The number of carbonyl (C=O) groups excluding carboxylic acids is 1. The van der Waals surface area contributed by atoms with E-state index >= 15 is 0 Å². The van der Waals surface area contributed by atoms with Crippen LogP contribution in [-0.4, -0.2) is 12.6 Å². The Morgan fingerprint density at radius 2 is 2.21 bits per heavy atom. The number of benzene rings is 1. The number of esters is 1. The van der Waals surface area contributed by atoms with Crippen LogP contribution >= 0.6 is 0 Å². The summed E-state index contributed by atoms with van der Waals surface area (Å²) < 4.78 is 17.6. The number of rotatable bonds is 3. The predicted molar refractivity (Wildman–Crippen MR) is 51.5 cm³/mol. The summed E-state index contributed by atoms with van der Waals surface area (Å²) in [4.78, 5) is 10.5. The fourth-order valence-corrected chi connectivity index (χ4v) is 1.21. The molecule has 76 valence electrons. The molecule has 1 aromatic rings. The van der Waals surface area contributed by atoms with Crippen LogP contribution in [0.1, 0.15) is 18.1 Å². The highest BCUT2D eigenvalue weighted by Gasteiger charge is 2.01. The van der Waals surface area contributed by atoms with Gasteiger partial charge < -0.3 is 4.74 Å². The maximum absolute atomic E-state index is 12.8. The van der Waals surface area contributed by atoms with E-state index in [9.17, 15) is 9.18 Å². The summed E-state index contributed by atoms with van der Waals surface area (Å²) in [5.74, 6) is -0.563. The van der Waals surface area contributed by atoms with E-state index in [1.807, 2.05) is 6.92 Å². The standard InChI is InChI=1S/C11H13FO2/c1-8-3-4-11(12)7-10(8)5-6-14-9(2)13/h3-4,7H,5-6H2,1-2H3. The van der Waals surface area contributed by atoms with E-state index in [0.717, 1.165) is 11.1 Å². The topological polar surface area (TPSA) is 26.3 Å². The minimum atomic E-state index is -0.306. The van der Waals surface area contributed by atoms with Gasteiger partial charge >= 0.3 is 5.97 Å². The third-order valence-corrected chi connectivity index (χ3v) is 1.99. The molecule has 0 aliphatic heterocycles. The van der Waals surface area contributed by atoms with Crippen molar-refractivity contribution in [1.29, 1.82) is 0 Å². The van der Waals surface area contributed by atoms with E-state index in [2.05, 4.69) is 0 Å². The second-order valence-electron chi connectivity index (χ2n) is 3.16. The highest BCUT2D eigenvalue weighted by atomic mass is 19.1. The van der Waals surface area contributed by atoms with E-state index in [1.165, 1.54) is 19.1 Å². The van der Waals surface area contributed by atoms with Crippen molar-refractivity contribution in [2.24, 2.45) is 0 Å². The fourth-order valence-electron chi connectivity index (χ4n) is 1.21. The molecule has 0 unspecified atom stereocenters. The molecule has 1 aromatic carbocycles. The molecular formula is C11H13FO2. The van der Waals surface area contributed by atoms with E-state index in [-0.39, 0.29) is 11.8 Å². The number of ether oxygens (including phenoxy) is 1. The second kappa shape index (κ2) is 4.74. The number of halogens is 1. The molecular weight excluding hydrogens is 183 g/mol. The Labute approximate surface area is 82.7 Å². The molecule has 0 aliphatic carbocycles. The average Bonchev–Trinajstić information content (AvgIpc) is 2.10. The number of aryl methyl sites for hydroxylation is 1. The summed E-state index contributed by atoms with van der Waals surface area (Å²) in [6.07, 6.45) is 0.559. The van der Waals surface area contributed by atoms with Gasteiger partial charge in [-0.15, -0.1) is 0 Å². The number of hydrogen-bond donors (Lipinski definition) is 0. The van der Waals surface area contributed by atoms with Gasteiger partial charge in [-0.25, -0.2) is 4.39 Å². The Hall–Kier alpha value is -1.38. The monoisotopic (exact) mass is 196 g/mol. The Bertz CT molecular complexity index is 334. The maximum atomic E-state index is 12.8. The van der Waals surface area contributed by atoms with Crippen LogP contribution in [0.4, 0.5) is 4.39 Å². The van der Waals surface area contributed by atoms with Crippen molar-refractivity contribution >= 4 is 5.97 Å². The Balaban J connectivity index is 2.57. The molecule has 0 saturated carbocycles. The van der Waals surface area contributed by atoms with Gasteiger partial charge in [0.1, 0.15) is 5.82 Å². The lowest BCUT2D eigenvalue weighted by Crippen LogP contribution is -2.04. The minimum absolute atomic E-state index is 0.256. The minimum Gasteiger partial charge on any atom is -0.466 e. The third kappa shape index (κ3) is 3.17. The van der Waals surface area contributed by atoms with Crippen molar-refractivity contribution in [3.63, 3.8) is 0 Å². The van der Waals surface area contributed by atoms with Crippen LogP contribution < -0.4 is 0 Å². The molecule has 0 amide bonds. The Kier molecular flexibility index (Phi) is 3.63. The van der Waals surface area contributed by atoms with Gasteiger partial charge in [-0.05, 0) is 30.2 Å². The Morgan fingerprint density at radius 3 is 2.86 bits per heavy atom. The SMILES string of the molecule is CC(=O)OCCc1cc(F)ccc1C. The molecule has 0 atom stereocenters. The smallest absolute Gasteiger partial charge is 0.302 e. The van der Waals surface area contributed by atoms with Gasteiger partial charge in [0.25, 0.3) is 0 Å². The molecule has 0 spiro atoms.